The summed E-state index contributed by atoms with van der Waals surface area (Å²) in [6, 6.07) is 7.92. The van der Waals surface area contributed by atoms with Crippen LogP contribution in [0.25, 0.3) is 0 Å². The fourth-order valence-corrected chi connectivity index (χ4v) is 2.52. The number of aryl methyl sites for hydroxylation is 1. The van der Waals surface area contributed by atoms with Crippen LogP contribution in [-0.4, -0.2) is 14.2 Å². The molecule has 0 amide bonds. The van der Waals surface area contributed by atoms with Crippen molar-refractivity contribution in [2.45, 2.75) is 13.5 Å². The van der Waals surface area contributed by atoms with E-state index in [1.54, 1.807) is 25.6 Å². The van der Waals surface area contributed by atoms with E-state index in [2.05, 4.69) is 23.7 Å². The van der Waals surface area contributed by atoms with Crippen LogP contribution in [0.5, 0.6) is 11.5 Å². The van der Waals surface area contributed by atoms with Crippen molar-refractivity contribution in [3.63, 3.8) is 0 Å². The van der Waals surface area contributed by atoms with Crippen molar-refractivity contribution < 1.29 is 9.47 Å². The lowest BCUT2D eigenvalue weighted by Crippen LogP contribution is -1.99. The topological polar surface area (TPSA) is 30.5 Å². The minimum Gasteiger partial charge on any atom is -0.497 e. The molecule has 1 aromatic carbocycles. The third-order valence-electron chi connectivity index (χ3n) is 2.77. The molecule has 0 radical (unpaired) electrons. The molecule has 0 saturated carbocycles. The molecule has 3 nitrogen and oxygen atoms in total. The number of hydrogen-bond acceptors (Lipinski definition) is 4. The van der Waals surface area contributed by atoms with E-state index in [1.807, 2.05) is 18.2 Å². The Labute approximate surface area is 111 Å². The molecule has 0 fully saturated rings. The highest BCUT2D eigenvalue weighted by molar-refractivity contribution is 7.10. The van der Waals surface area contributed by atoms with E-state index < -0.39 is 0 Å². The summed E-state index contributed by atoms with van der Waals surface area (Å²) in [5, 5.41) is 5.50. The Bertz CT molecular complexity index is 500. The van der Waals surface area contributed by atoms with Gasteiger partial charge in [0.2, 0.25) is 0 Å². The lowest BCUT2D eigenvalue weighted by molar-refractivity contribution is 0.394. The van der Waals surface area contributed by atoms with Gasteiger partial charge in [0.1, 0.15) is 11.5 Å². The van der Waals surface area contributed by atoms with Crippen molar-refractivity contribution in [1.82, 2.24) is 0 Å². The fraction of sp³-hybridized carbons (Fsp3) is 0.286. The summed E-state index contributed by atoms with van der Waals surface area (Å²) in [5.41, 5.74) is 2.32. The van der Waals surface area contributed by atoms with Gasteiger partial charge in [-0.25, -0.2) is 0 Å². The Hall–Kier alpha value is -1.68. The van der Waals surface area contributed by atoms with Gasteiger partial charge >= 0.3 is 0 Å². The van der Waals surface area contributed by atoms with Crippen molar-refractivity contribution in [3.8, 4) is 11.5 Å². The highest BCUT2D eigenvalue weighted by Crippen LogP contribution is 2.26. The summed E-state index contributed by atoms with van der Waals surface area (Å²) >= 11 is 1.76. The number of anilines is 1. The summed E-state index contributed by atoms with van der Waals surface area (Å²) < 4.78 is 10.5. The zero-order valence-corrected chi connectivity index (χ0v) is 11.6. The predicted molar refractivity (Wildman–Crippen MR) is 75.9 cm³/mol. The molecule has 0 aliphatic rings. The summed E-state index contributed by atoms with van der Waals surface area (Å²) in [6.07, 6.45) is 0. The number of nitrogens with one attached hydrogen (secondary N) is 1. The van der Waals surface area contributed by atoms with Gasteiger partial charge in [-0.1, -0.05) is 0 Å². The molecular formula is C14H17NO2S. The van der Waals surface area contributed by atoms with Crippen LogP contribution >= 0.6 is 11.3 Å². The molecule has 2 rings (SSSR count). The number of methoxy groups -OCH3 is 2. The minimum atomic E-state index is 0.791. The van der Waals surface area contributed by atoms with Crippen LogP contribution in [0.1, 0.15) is 10.4 Å². The number of hydrogen-bond donors (Lipinski definition) is 1. The van der Waals surface area contributed by atoms with E-state index in [4.69, 9.17) is 9.47 Å². The lowest BCUT2D eigenvalue weighted by atomic mass is 10.2. The van der Waals surface area contributed by atoms with E-state index in [9.17, 15) is 0 Å². The third kappa shape index (κ3) is 2.96. The van der Waals surface area contributed by atoms with Crippen molar-refractivity contribution in [3.05, 3.63) is 40.1 Å². The third-order valence-corrected chi connectivity index (χ3v) is 3.80. The first kappa shape index (κ1) is 12.8. The maximum atomic E-state index is 5.24. The molecule has 0 saturated heterocycles. The van der Waals surface area contributed by atoms with Crippen molar-refractivity contribution in [2.75, 3.05) is 19.5 Å². The quantitative estimate of drug-likeness (QED) is 0.892. The van der Waals surface area contributed by atoms with Crippen molar-refractivity contribution in [1.29, 1.82) is 0 Å². The predicted octanol–water partition coefficient (Wildman–Crippen LogP) is 3.69. The van der Waals surface area contributed by atoms with E-state index >= 15 is 0 Å². The maximum absolute atomic E-state index is 5.24. The second-order valence-electron chi connectivity index (χ2n) is 3.98. The van der Waals surface area contributed by atoms with E-state index in [0.717, 1.165) is 23.7 Å². The summed E-state index contributed by atoms with van der Waals surface area (Å²) in [6.45, 7) is 2.94. The first-order valence-corrected chi connectivity index (χ1v) is 6.61. The van der Waals surface area contributed by atoms with Gasteiger partial charge in [0.15, 0.2) is 0 Å². The van der Waals surface area contributed by atoms with Gasteiger partial charge in [-0.15, -0.1) is 11.3 Å². The number of benzene rings is 1. The molecule has 1 aromatic heterocycles. The molecule has 0 spiro atoms. The van der Waals surface area contributed by atoms with Crippen LogP contribution in [0, 0.1) is 6.92 Å². The Balaban J connectivity index is 2.11. The Morgan fingerprint density at radius 1 is 1.11 bits per heavy atom. The lowest BCUT2D eigenvalue weighted by Gasteiger charge is -2.10. The molecule has 96 valence electrons. The Morgan fingerprint density at radius 3 is 2.28 bits per heavy atom. The minimum absolute atomic E-state index is 0.791. The zero-order chi connectivity index (χ0) is 13.0. The maximum Gasteiger partial charge on any atom is 0.124 e. The molecule has 18 heavy (non-hydrogen) atoms. The van der Waals surface area contributed by atoms with Crippen LogP contribution in [0.3, 0.4) is 0 Å². The second-order valence-corrected chi connectivity index (χ2v) is 4.98. The zero-order valence-electron chi connectivity index (χ0n) is 10.8. The van der Waals surface area contributed by atoms with Gasteiger partial charge in [-0.2, -0.15) is 0 Å². The molecule has 0 aliphatic heterocycles. The number of thiophene rings is 1. The molecule has 1 N–H and O–H groups in total. The highest BCUT2D eigenvalue weighted by Gasteiger charge is 2.03. The van der Waals surface area contributed by atoms with Crippen LogP contribution in [0.15, 0.2) is 29.6 Å². The summed E-state index contributed by atoms with van der Waals surface area (Å²) in [5.74, 6) is 1.58. The van der Waals surface area contributed by atoms with Crippen LogP contribution < -0.4 is 14.8 Å². The second kappa shape index (κ2) is 5.78. The molecule has 4 heteroatoms. The van der Waals surface area contributed by atoms with Gasteiger partial charge in [-0.05, 0) is 23.9 Å². The summed E-state index contributed by atoms with van der Waals surface area (Å²) in [4.78, 5) is 1.34. The van der Waals surface area contributed by atoms with E-state index in [0.29, 0.717) is 0 Å². The SMILES string of the molecule is COc1cc(NCc2sccc2C)cc(OC)c1. The van der Waals surface area contributed by atoms with Crippen LogP contribution in [-0.2, 0) is 6.54 Å². The standard InChI is InChI=1S/C14H17NO2S/c1-10-4-5-18-14(10)9-15-11-6-12(16-2)8-13(7-11)17-3/h4-8,15H,9H2,1-3H3. The van der Waals surface area contributed by atoms with E-state index in [-0.39, 0.29) is 0 Å². The molecule has 0 atom stereocenters. The van der Waals surface area contributed by atoms with Gasteiger partial charge < -0.3 is 14.8 Å². The van der Waals surface area contributed by atoms with Crippen LogP contribution in [0.2, 0.25) is 0 Å². The molecule has 2 aromatic rings. The Morgan fingerprint density at radius 2 is 1.78 bits per heavy atom. The molecule has 0 bridgehead atoms. The molecule has 0 aliphatic carbocycles. The number of rotatable bonds is 5. The summed E-state index contributed by atoms with van der Waals surface area (Å²) in [7, 11) is 3.31. The van der Waals surface area contributed by atoms with Crippen molar-refractivity contribution in [2.24, 2.45) is 0 Å². The van der Waals surface area contributed by atoms with Crippen molar-refractivity contribution >= 4 is 17.0 Å². The smallest absolute Gasteiger partial charge is 0.124 e. The Kier molecular flexibility index (Phi) is 4.10. The number of ether oxygens (including phenoxy) is 2. The first-order valence-electron chi connectivity index (χ1n) is 5.73. The monoisotopic (exact) mass is 263 g/mol. The van der Waals surface area contributed by atoms with Gasteiger partial charge in [0.25, 0.3) is 0 Å². The molecule has 0 unspecified atom stereocenters. The van der Waals surface area contributed by atoms with E-state index in [1.165, 1.54) is 10.4 Å². The van der Waals surface area contributed by atoms with Gasteiger partial charge in [-0.3, -0.25) is 0 Å². The average molecular weight is 263 g/mol. The first-order chi connectivity index (χ1) is 8.72. The molecule has 1 heterocycles. The average Bonchev–Trinajstić information content (AvgIpc) is 2.81. The normalized spacial score (nSPS) is 10.2. The highest BCUT2D eigenvalue weighted by atomic mass is 32.1. The van der Waals surface area contributed by atoms with Crippen LogP contribution in [0.4, 0.5) is 5.69 Å². The fourth-order valence-electron chi connectivity index (χ4n) is 1.68. The largest absolute Gasteiger partial charge is 0.497 e. The van der Waals surface area contributed by atoms with Gasteiger partial charge in [0.05, 0.1) is 14.2 Å². The molecular weight excluding hydrogens is 246 g/mol. The van der Waals surface area contributed by atoms with Gasteiger partial charge in [0, 0.05) is 35.3 Å².